The third kappa shape index (κ3) is 4.88. The van der Waals surface area contributed by atoms with E-state index in [1.165, 1.54) is 11.9 Å². The summed E-state index contributed by atoms with van der Waals surface area (Å²) in [5.74, 6) is 1.31. The molecule has 0 atom stereocenters. The lowest BCUT2D eigenvalue weighted by molar-refractivity contribution is -0.121. The van der Waals surface area contributed by atoms with Crippen LogP contribution in [0.1, 0.15) is 24.8 Å². The van der Waals surface area contributed by atoms with Crippen molar-refractivity contribution in [1.82, 2.24) is 25.3 Å². The van der Waals surface area contributed by atoms with Crippen molar-refractivity contribution in [2.45, 2.75) is 24.7 Å². The van der Waals surface area contributed by atoms with E-state index in [1.807, 2.05) is 12.1 Å². The Morgan fingerprint density at radius 3 is 2.77 bits per heavy atom. The maximum Gasteiger partial charge on any atom is 0.226 e. The lowest BCUT2D eigenvalue weighted by Crippen LogP contribution is -2.44. The van der Waals surface area contributed by atoms with Crippen LogP contribution in [0.25, 0.3) is 11.2 Å². The number of imidazole rings is 1. The van der Waals surface area contributed by atoms with Crippen molar-refractivity contribution in [1.29, 1.82) is 0 Å². The molecule has 10 heteroatoms. The first-order valence-electron chi connectivity index (χ1n) is 10.2. The van der Waals surface area contributed by atoms with E-state index < -0.39 is 0 Å². The summed E-state index contributed by atoms with van der Waals surface area (Å²) in [5, 5.41) is 6.35. The zero-order valence-electron chi connectivity index (χ0n) is 17.3. The normalized spacial score (nSPS) is 15.5. The molecule has 0 spiro atoms. The minimum atomic E-state index is -0.143. The number of nitrogens with zero attached hydrogens (tertiary/aromatic N) is 3. The van der Waals surface area contributed by atoms with Crippen molar-refractivity contribution in [3.05, 3.63) is 41.4 Å². The Balaban J connectivity index is 1.35. The number of carbonyl (C=O) groups is 1. The van der Waals surface area contributed by atoms with Gasteiger partial charge in [-0.2, -0.15) is 9.97 Å². The smallest absolute Gasteiger partial charge is 0.226 e. The average Bonchev–Trinajstić information content (AvgIpc) is 3.27. The summed E-state index contributed by atoms with van der Waals surface area (Å²) in [6.45, 7) is 2.33. The van der Waals surface area contributed by atoms with Crippen molar-refractivity contribution in [3.63, 3.8) is 0 Å². The van der Waals surface area contributed by atoms with Crippen molar-refractivity contribution < 1.29 is 14.3 Å². The second-order valence-electron chi connectivity index (χ2n) is 7.52. The maximum absolute atomic E-state index is 12.5. The Hall–Kier alpha value is -2.91. The number of ether oxygens (including phenoxy) is 2. The number of methoxy groups -OCH3 is 1. The third-order valence-corrected chi connectivity index (χ3v) is 5.85. The third-order valence-electron chi connectivity index (χ3n) is 5.68. The zero-order valence-corrected chi connectivity index (χ0v) is 18.0. The molecule has 4 rings (SSSR count). The number of benzene rings is 1. The molecule has 2 aromatic heterocycles. The van der Waals surface area contributed by atoms with Crippen molar-refractivity contribution in [2.75, 3.05) is 38.7 Å². The highest BCUT2D eigenvalue weighted by atomic mass is 35.5. The Labute approximate surface area is 184 Å². The van der Waals surface area contributed by atoms with E-state index in [9.17, 15) is 4.79 Å². The highest BCUT2D eigenvalue weighted by Crippen LogP contribution is 2.35. The summed E-state index contributed by atoms with van der Waals surface area (Å²) in [4.78, 5) is 27.8. The number of amides is 1. The van der Waals surface area contributed by atoms with E-state index >= 15 is 0 Å². The molecule has 0 saturated carbocycles. The van der Waals surface area contributed by atoms with Gasteiger partial charge in [0.1, 0.15) is 11.3 Å². The monoisotopic (exact) mass is 444 g/mol. The summed E-state index contributed by atoms with van der Waals surface area (Å²) in [6, 6.07) is 8.07. The Bertz CT molecular complexity index is 1030. The van der Waals surface area contributed by atoms with E-state index in [1.54, 1.807) is 7.11 Å². The second-order valence-corrected chi connectivity index (χ2v) is 7.86. The molecule has 0 aliphatic carbocycles. The van der Waals surface area contributed by atoms with Gasteiger partial charge in [-0.15, -0.1) is 0 Å². The predicted octanol–water partition coefficient (Wildman–Crippen LogP) is 2.68. The van der Waals surface area contributed by atoms with Crippen LogP contribution < -0.4 is 15.4 Å². The van der Waals surface area contributed by atoms with Crippen LogP contribution in [0.5, 0.6) is 5.75 Å². The molecule has 0 unspecified atom stereocenters. The number of aromatic amines is 1. The van der Waals surface area contributed by atoms with Crippen LogP contribution >= 0.6 is 11.6 Å². The summed E-state index contributed by atoms with van der Waals surface area (Å²) in [6.07, 6.45) is 3.54. The maximum atomic E-state index is 12.5. The lowest BCUT2D eigenvalue weighted by Gasteiger charge is -2.38. The average molecular weight is 445 g/mol. The van der Waals surface area contributed by atoms with Crippen molar-refractivity contribution in [3.8, 4) is 5.75 Å². The first-order chi connectivity index (χ1) is 15.1. The number of hydrogen-bond acceptors (Lipinski definition) is 7. The van der Waals surface area contributed by atoms with Gasteiger partial charge in [0, 0.05) is 38.1 Å². The highest BCUT2D eigenvalue weighted by Gasteiger charge is 2.34. The summed E-state index contributed by atoms with van der Waals surface area (Å²) < 4.78 is 10.8. The topological polar surface area (TPSA) is 114 Å². The second kappa shape index (κ2) is 9.49. The van der Waals surface area contributed by atoms with Gasteiger partial charge >= 0.3 is 0 Å². The minimum Gasteiger partial charge on any atom is -0.497 e. The molecule has 1 amide bonds. The van der Waals surface area contributed by atoms with Crippen LogP contribution in [0.4, 0.5) is 5.82 Å². The quantitative estimate of drug-likeness (QED) is 0.457. The number of rotatable bonds is 8. The fourth-order valence-corrected chi connectivity index (χ4v) is 4.02. The first-order valence-corrected chi connectivity index (χ1v) is 10.6. The van der Waals surface area contributed by atoms with Crippen molar-refractivity contribution >= 4 is 34.5 Å². The lowest BCUT2D eigenvalue weighted by atomic mass is 9.74. The van der Waals surface area contributed by atoms with Crippen LogP contribution in [-0.4, -0.2) is 59.3 Å². The molecule has 164 valence electrons. The fourth-order valence-electron chi connectivity index (χ4n) is 3.86. The molecule has 3 aromatic rings. The van der Waals surface area contributed by atoms with Gasteiger partial charge < -0.3 is 25.1 Å². The molecule has 3 heterocycles. The molecule has 0 bridgehead atoms. The van der Waals surface area contributed by atoms with Gasteiger partial charge in [-0.25, -0.2) is 4.98 Å². The molecule has 3 N–H and O–H groups in total. The largest absolute Gasteiger partial charge is 0.497 e. The van der Waals surface area contributed by atoms with E-state index in [0.717, 1.165) is 18.6 Å². The Kier molecular flexibility index (Phi) is 6.53. The van der Waals surface area contributed by atoms with Crippen LogP contribution in [0.2, 0.25) is 5.28 Å². The predicted molar refractivity (Wildman–Crippen MR) is 118 cm³/mol. The van der Waals surface area contributed by atoms with Gasteiger partial charge in [-0.1, -0.05) is 12.1 Å². The molecule has 9 nitrogen and oxygen atoms in total. The van der Waals surface area contributed by atoms with Gasteiger partial charge in [0.15, 0.2) is 11.5 Å². The molecule has 0 radical (unpaired) electrons. The molecule has 31 heavy (non-hydrogen) atoms. The first kappa shape index (κ1) is 21.3. The Morgan fingerprint density at radius 2 is 2.03 bits per heavy atom. The van der Waals surface area contributed by atoms with Crippen molar-refractivity contribution in [2.24, 2.45) is 0 Å². The van der Waals surface area contributed by atoms with E-state index in [-0.39, 0.29) is 16.6 Å². The van der Waals surface area contributed by atoms with Gasteiger partial charge in [-0.05, 0) is 42.1 Å². The summed E-state index contributed by atoms with van der Waals surface area (Å²) in [7, 11) is 1.65. The standard InChI is InChI=1S/C21H25ClN6O3/c1-30-15-4-2-14(3-5-15)21(7-10-31-11-8-21)12-24-16(29)6-9-23-18-17-19(26-13-25-17)28-20(22)27-18/h2-5,13H,6-12H2,1H3,(H,24,29)(H2,23,25,26,27,28). The molecule has 1 fully saturated rings. The van der Waals surface area contributed by atoms with Gasteiger partial charge in [-0.3, -0.25) is 4.79 Å². The molecular formula is C21H25ClN6O3. The van der Waals surface area contributed by atoms with Gasteiger partial charge in [0.2, 0.25) is 11.2 Å². The minimum absolute atomic E-state index is 0.0344. The van der Waals surface area contributed by atoms with Crippen LogP contribution in [-0.2, 0) is 14.9 Å². The van der Waals surface area contributed by atoms with Crippen LogP contribution in [0.3, 0.4) is 0 Å². The van der Waals surface area contributed by atoms with E-state index in [2.05, 4.69) is 42.7 Å². The van der Waals surface area contributed by atoms with E-state index in [4.69, 9.17) is 21.1 Å². The van der Waals surface area contributed by atoms with Gasteiger partial charge in [0.05, 0.1) is 13.4 Å². The molecule has 1 aliphatic rings. The van der Waals surface area contributed by atoms with Gasteiger partial charge in [0.25, 0.3) is 0 Å². The van der Waals surface area contributed by atoms with Crippen LogP contribution in [0, 0.1) is 0 Å². The molecular weight excluding hydrogens is 420 g/mol. The molecule has 1 aliphatic heterocycles. The molecule has 1 aromatic carbocycles. The summed E-state index contributed by atoms with van der Waals surface area (Å²) >= 11 is 5.94. The summed E-state index contributed by atoms with van der Waals surface area (Å²) in [5.41, 5.74) is 2.18. The fraction of sp³-hybridized carbons (Fsp3) is 0.429. The number of aromatic nitrogens is 4. The number of hydrogen-bond donors (Lipinski definition) is 3. The number of H-pyrrole nitrogens is 1. The Morgan fingerprint density at radius 1 is 1.26 bits per heavy atom. The number of halogens is 1. The number of anilines is 1. The number of fused-ring (bicyclic) bond motifs is 1. The number of carbonyl (C=O) groups excluding carboxylic acids is 1. The molecule has 1 saturated heterocycles. The SMILES string of the molecule is COc1ccc(C2(CNC(=O)CCNc3nc(Cl)nc4nc[nH]c34)CCOCC2)cc1. The zero-order chi connectivity index (χ0) is 21.7. The highest BCUT2D eigenvalue weighted by molar-refractivity contribution is 6.28. The van der Waals surface area contributed by atoms with Crippen LogP contribution in [0.15, 0.2) is 30.6 Å². The van der Waals surface area contributed by atoms with E-state index in [0.29, 0.717) is 49.7 Å². The number of nitrogens with one attached hydrogen (secondary N) is 3.